The van der Waals surface area contributed by atoms with E-state index in [9.17, 15) is 40.9 Å². The number of aromatic nitrogens is 4. The van der Waals surface area contributed by atoms with Crippen molar-refractivity contribution >= 4 is 0 Å². The highest BCUT2D eigenvalue weighted by Crippen LogP contribution is 2.36. The summed E-state index contributed by atoms with van der Waals surface area (Å²) in [6, 6.07) is 19.8. The van der Waals surface area contributed by atoms with Crippen LogP contribution in [0.25, 0.3) is 0 Å². The Morgan fingerprint density at radius 1 is 0.674 bits per heavy atom. The molecule has 0 aliphatic carbocycles. The molecule has 0 saturated carbocycles. The van der Waals surface area contributed by atoms with E-state index in [1.165, 1.54) is 49.8 Å². The average Bonchev–Trinajstić information content (AvgIpc) is 3.59. The van der Waals surface area contributed by atoms with Gasteiger partial charge in [-0.3, -0.25) is 14.3 Å². The van der Waals surface area contributed by atoms with Gasteiger partial charge in [0.15, 0.2) is 0 Å². The van der Waals surface area contributed by atoms with E-state index < -0.39 is 42.5 Å². The highest BCUT2D eigenvalue weighted by molar-refractivity contribution is 5.28. The van der Waals surface area contributed by atoms with E-state index in [2.05, 4.69) is 10.2 Å². The number of rotatable bonds is 14. The predicted molar refractivity (Wildman–Crippen MR) is 159 cm³/mol. The molecule has 0 saturated heterocycles. The molecule has 0 aliphatic rings. The summed E-state index contributed by atoms with van der Waals surface area (Å²) in [5.74, 6) is -13.7. The monoisotopic (exact) mass is 644 g/mol. The SMILES string of the molecule is CN(C)C(O)(O)C(O)(O)OC(c1ccccc1)c1cc(CN(C)C(O)(O)C(O)(O)OC(c2ccccc2)c2ccnn2C)nn1C. The van der Waals surface area contributed by atoms with Gasteiger partial charge < -0.3 is 50.3 Å². The van der Waals surface area contributed by atoms with Crippen LogP contribution in [0.5, 0.6) is 0 Å². The summed E-state index contributed by atoms with van der Waals surface area (Å²) in [7, 11) is 6.69. The lowest BCUT2D eigenvalue weighted by Crippen LogP contribution is -2.65. The number of hydrogen-bond donors (Lipinski definition) is 8. The van der Waals surface area contributed by atoms with Crippen molar-refractivity contribution in [3.05, 3.63) is 107 Å². The fourth-order valence-electron chi connectivity index (χ4n) is 4.74. The Kier molecular flexibility index (Phi) is 10.1. The van der Waals surface area contributed by atoms with E-state index in [1.54, 1.807) is 73.8 Å². The molecule has 0 aliphatic heterocycles. The van der Waals surface area contributed by atoms with Gasteiger partial charge in [0.05, 0.1) is 17.1 Å². The molecule has 4 rings (SSSR count). The zero-order valence-corrected chi connectivity index (χ0v) is 25.9. The quantitative estimate of drug-likeness (QED) is 0.0741. The Labute approximate surface area is 264 Å². The Bertz CT molecular complexity index is 1570. The fraction of sp³-hybridized carbons (Fsp3) is 0.400. The lowest BCUT2D eigenvalue weighted by atomic mass is 10.1. The van der Waals surface area contributed by atoms with Crippen molar-refractivity contribution in [2.45, 2.75) is 42.5 Å². The topological polar surface area (TPSA) is 222 Å². The molecule has 46 heavy (non-hydrogen) atoms. The second-order valence-corrected chi connectivity index (χ2v) is 11.1. The molecule has 2 aromatic carbocycles. The molecular weight excluding hydrogens is 604 g/mol. The standard InChI is InChI=1S/C30H40N6O10/c1-33(2)27(37,38)29(41,42)46-26(21-14-10-7-11-15-21)24-18-22(32-36(24)5)19-34(3)28(39,40)30(43,44)45-25(20-12-8-6-9-13-20)23-16-17-31-35(23)4/h6-18,25-26,37-44H,19H2,1-5H3. The number of aliphatic hydroxyl groups is 8. The molecule has 4 aromatic rings. The van der Waals surface area contributed by atoms with Crippen LogP contribution in [0.4, 0.5) is 0 Å². The Hall–Kier alpha value is -3.62. The molecule has 2 heterocycles. The molecule has 8 N–H and O–H groups in total. The van der Waals surface area contributed by atoms with Gasteiger partial charge in [-0.05, 0) is 44.4 Å². The maximum Gasteiger partial charge on any atom is 0.352 e. The Morgan fingerprint density at radius 2 is 1.15 bits per heavy atom. The van der Waals surface area contributed by atoms with Crippen molar-refractivity contribution in [1.82, 2.24) is 29.4 Å². The van der Waals surface area contributed by atoms with Gasteiger partial charge in [-0.1, -0.05) is 60.7 Å². The molecule has 16 nitrogen and oxygen atoms in total. The van der Waals surface area contributed by atoms with Gasteiger partial charge in [0.1, 0.15) is 12.2 Å². The third-order valence-corrected chi connectivity index (χ3v) is 7.56. The lowest BCUT2D eigenvalue weighted by Gasteiger charge is -2.41. The minimum absolute atomic E-state index is 0.146. The van der Waals surface area contributed by atoms with Gasteiger partial charge in [-0.25, -0.2) is 4.90 Å². The zero-order valence-electron chi connectivity index (χ0n) is 25.9. The summed E-state index contributed by atoms with van der Waals surface area (Å²) < 4.78 is 13.8. The summed E-state index contributed by atoms with van der Waals surface area (Å²) in [5, 5.41) is 94.3. The van der Waals surface area contributed by atoms with Crippen molar-refractivity contribution in [3.63, 3.8) is 0 Å². The minimum atomic E-state index is -3.56. The lowest BCUT2D eigenvalue weighted by molar-refractivity contribution is -0.502. The van der Waals surface area contributed by atoms with Gasteiger partial charge in [-0.15, -0.1) is 0 Å². The first kappa shape index (κ1) is 35.2. The van der Waals surface area contributed by atoms with Crippen molar-refractivity contribution in [1.29, 1.82) is 0 Å². The Morgan fingerprint density at radius 3 is 1.61 bits per heavy atom. The van der Waals surface area contributed by atoms with Crippen molar-refractivity contribution < 1.29 is 50.3 Å². The molecule has 2 unspecified atom stereocenters. The first-order chi connectivity index (χ1) is 21.4. The molecular formula is C30H40N6O10. The van der Waals surface area contributed by atoms with Gasteiger partial charge in [0.2, 0.25) is 0 Å². The molecule has 0 amide bonds. The van der Waals surface area contributed by atoms with Crippen LogP contribution in [0.3, 0.4) is 0 Å². The van der Waals surface area contributed by atoms with E-state index in [1.807, 2.05) is 0 Å². The largest absolute Gasteiger partial charge is 0.352 e. The third kappa shape index (κ3) is 7.03. The predicted octanol–water partition coefficient (Wildman–Crippen LogP) is -1.39. The summed E-state index contributed by atoms with van der Waals surface area (Å²) in [6.07, 6.45) is -1.03. The molecule has 16 heteroatoms. The smallest absolute Gasteiger partial charge is 0.347 e. The van der Waals surface area contributed by atoms with E-state index in [4.69, 9.17) is 9.47 Å². The van der Waals surface area contributed by atoms with Crippen LogP contribution in [0.1, 0.15) is 40.4 Å². The van der Waals surface area contributed by atoms with Crippen LogP contribution in [-0.4, -0.2) is 115 Å². The van der Waals surface area contributed by atoms with E-state index in [-0.39, 0.29) is 11.4 Å². The van der Waals surface area contributed by atoms with Gasteiger partial charge in [0.25, 0.3) is 0 Å². The molecule has 2 aromatic heterocycles. The maximum atomic E-state index is 11.0. The number of likely N-dealkylation sites (N-methyl/N-ethyl adjacent to an activating group) is 2. The van der Waals surface area contributed by atoms with Gasteiger partial charge >= 0.3 is 23.8 Å². The van der Waals surface area contributed by atoms with Crippen molar-refractivity contribution in [2.75, 3.05) is 21.1 Å². The molecule has 0 bridgehead atoms. The fourth-order valence-corrected chi connectivity index (χ4v) is 4.74. The van der Waals surface area contributed by atoms with Crippen molar-refractivity contribution in [3.8, 4) is 0 Å². The second-order valence-electron chi connectivity index (χ2n) is 11.1. The zero-order chi connectivity index (χ0) is 34.1. The maximum absolute atomic E-state index is 11.0. The summed E-state index contributed by atoms with van der Waals surface area (Å²) in [6.45, 7) is -0.401. The van der Waals surface area contributed by atoms with E-state index in [0.29, 0.717) is 16.8 Å². The van der Waals surface area contributed by atoms with Crippen molar-refractivity contribution in [2.24, 2.45) is 14.1 Å². The molecule has 2 atom stereocenters. The van der Waals surface area contributed by atoms with Gasteiger partial charge in [0, 0.05) is 26.8 Å². The molecule has 0 radical (unpaired) electrons. The van der Waals surface area contributed by atoms with Crippen LogP contribution in [0, 0.1) is 0 Å². The van der Waals surface area contributed by atoms with Crippen LogP contribution in [0.15, 0.2) is 79.0 Å². The summed E-state index contributed by atoms with van der Waals surface area (Å²) in [4.78, 5) is 1.50. The average molecular weight is 645 g/mol. The normalized spacial score (nSPS) is 14.7. The number of nitrogens with zero attached hydrogens (tertiary/aromatic N) is 6. The molecule has 250 valence electrons. The Balaban J connectivity index is 1.62. The minimum Gasteiger partial charge on any atom is -0.347 e. The van der Waals surface area contributed by atoms with Crippen LogP contribution >= 0.6 is 0 Å². The third-order valence-electron chi connectivity index (χ3n) is 7.56. The number of benzene rings is 2. The first-order valence-electron chi connectivity index (χ1n) is 14.0. The van der Waals surface area contributed by atoms with Crippen LogP contribution in [0.2, 0.25) is 0 Å². The number of ether oxygens (including phenoxy) is 2. The number of hydrogen-bond acceptors (Lipinski definition) is 14. The highest BCUT2D eigenvalue weighted by Gasteiger charge is 2.55. The van der Waals surface area contributed by atoms with Gasteiger partial charge in [-0.2, -0.15) is 10.2 Å². The van der Waals surface area contributed by atoms with Crippen LogP contribution in [-0.2, 0) is 30.1 Å². The van der Waals surface area contributed by atoms with E-state index in [0.717, 1.165) is 9.80 Å². The summed E-state index contributed by atoms with van der Waals surface area (Å²) >= 11 is 0. The van der Waals surface area contributed by atoms with E-state index >= 15 is 0 Å². The summed E-state index contributed by atoms with van der Waals surface area (Å²) in [5.41, 5.74) is 1.59. The number of aryl methyl sites for hydroxylation is 2. The van der Waals surface area contributed by atoms with Crippen LogP contribution < -0.4 is 0 Å². The second kappa shape index (κ2) is 13.2. The molecule has 0 spiro atoms. The first-order valence-corrected chi connectivity index (χ1v) is 14.0. The molecule has 0 fully saturated rings. The highest BCUT2D eigenvalue weighted by atomic mass is 16.8.